The molecule has 0 aromatic rings. The highest BCUT2D eigenvalue weighted by molar-refractivity contribution is 7.91. The Morgan fingerprint density at radius 3 is 2.44 bits per heavy atom. The molecule has 1 aliphatic heterocycles. The van der Waals surface area contributed by atoms with Gasteiger partial charge in [0, 0.05) is 12.1 Å². The van der Waals surface area contributed by atoms with Crippen LogP contribution in [0.1, 0.15) is 25.7 Å². The van der Waals surface area contributed by atoms with Crippen LogP contribution in [0.2, 0.25) is 0 Å². The number of aliphatic hydroxyl groups excluding tert-OH is 1. The van der Waals surface area contributed by atoms with Crippen molar-refractivity contribution in [3.8, 4) is 0 Å². The number of sulfone groups is 1. The van der Waals surface area contributed by atoms with Gasteiger partial charge >= 0.3 is 5.97 Å². The Morgan fingerprint density at radius 2 is 2.00 bits per heavy atom. The lowest BCUT2D eigenvalue weighted by Crippen LogP contribution is -2.49. The van der Waals surface area contributed by atoms with E-state index in [2.05, 4.69) is 0 Å². The number of nitrogens with zero attached hydrogens (tertiary/aromatic N) is 1. The Morgan fingerprint density at radius 1 is 1.28 bits per heavy atom. The molecule has 6 nitrogen and oxygen atoms in total. The molecule has 2 fully saturated rings. The monoisotopic (exact) mass is 277 g/mol. The Labute approximate surface area is 107 Å². The molecule has 0 radical (unpaired) electrons. The van der Waals surface area contributed by atoms with E-state index < -0.39 is 21.9 Å². The number of carboxylic acids is 1. The molecule has 104 valence electrons. The predicted molar refractivity (Wildman–Crippen MR) is 65.0 cm³/mol. The van der Waals surface area contributed by atoms with E-state index in [0.717, 1.165) is 12.8 Å². The molecule has 1 aliphatic carbocycles. The maximum absolute atomic E-state index is 11.5. The van der Waals surface area contributed by atoms with Gasteiger partial charge in [0.1, 0.15) is 0 Å². The minimum atomic E-state index is -3.04. The second-order valence-corrected chi connectivity index (χ2v) is 7.42. The molecule has 0 bridgehead atoms. The first kappa shape index (κ1) is 13.8. The number of aliphatic hydroxyl groups is 1. The maximum Gasteiger partial charge on any atom is 0.317 e. The topological polar surface area (TPSA) is 94.9 Å². The van der Waals surface area contributed by atoms with Crippen molar-refractivity contribution >= 4 is 15.8 Å². The number of aliphatic carboxylic acids is 1. The van der Waals surface area contributed by atoms with Crippen LogP contribution in [0.4, 0.5) is 0 Å². The standard InChI is InChI=1S/C11H19NO5S/c13-10-3-1-2-9(10)12(6-11(14)15)8-4-5-18(16,17)7-8/h8-10,13H,1-7H2,(H,14,15). The summed E-state index contributed by atoms with van der Waals surface area (Å²) in [7, 11) is -3.04. The zero-order chi connectivity index (χ0) is 13.3. The van der Waals surface area contributed by atoms with Gasteiger partial charge in [-0.15, -0.1) is 0 Å². The van der Waals surface area contributed by atoms with Gasteiger partial charge in [0.2, 0.25) is 0 Å². The van der Waals surface area contributed by atoms with Crippen molar-refractivity contribution in [1.29, 1.82) is 0 Å². The lowest BCUT2D eigenvalue weighted by atomic mass is 10.1. The SMILES string of the molecule is O=C(O)CN(C1CCS(=O)(=O)C1)C1CCCC1O. The van der Waals surface area contributed by atoms with Crippen LogP contribution >= 0.6 is 0 Å². The van der Waals surface area contributed by atoms with Gasteiger partial charge in [-0.2, -0.15) is 0 Å². The zero-order valence-electron chi connectivity index (χ0n) is 10.2. The first-order valence-corrected chi connectivity index (χ1v) is 8.07. The summed E-state index contributed by atoms with van der Waals surface area (Å²) < 4.78 is 23.0. The summed E-state index contributed by atoms with van der Waals surface area (Å²) in [6.07, 6.45) is 2.21. The number of carboxylic acid groups (broad SMARTS) is 1. The fourth-order valence-corrected chi connectivity index (χ4v) is 4.76. The average molecular weight is 277 g/mol. The molecule has 0 aromatic heterocycles. The van der Waals surface area contributed by atoms with E-state index in [-0.39, 0.29) is 30.1 Å². The molecule has 0 spiro atoms. The average Bonchev–Trinajstić information content (AvgIpc) is 2.81. The summed E-state index contributed by atoms with van der Waals surface area (Å²) in [5.41, 5.74) is 0. The Kier molecular flexibility index (Phi) is 3.93. The highest BCUT2D eigenvalue weighted by atomic mass is 32.2. The molecule has 1 saturated carbocycles. The van der Waals surface area contributed by atoms with Crippen LogP contribution in [0.5, 0.6) is 0 Å². The number of hydrogen-bond acceptors (Lipinski definition) is 5. The minimum Gasteiger partial charge on any atom is -0.480 e. The molecule has 7 heteroatoms. The van der Waals surface area contributed by atoms with E-state index in [4.69, 9.17) is 5.11 Å². The third-order valence-electron chi connectivity index (χ3n) is 3.87. The molecule has 2 N–H and O–H groups in total. The van der Waals surface area contributed by atoms with Crippen LogP contribution in [0.25, 0.3) is 0 Å². The molecule has 0 amide bonds. The number of carbonyl (C=O) groups is 1. The molecule has 18 heavy (non-hydrogen) atoms. The summed E-state index contributed by atoms with van der Waals surface area (Å²) in [5.74, 6) is -0.835. The molecule has 1 heterocycles. The normalized spacial score (nSPS) is 35.1. The highest BCUT2D eigenvalue weighted by Gasteiger charge is 2.40. The van der Waals surface area contributed by atoms with Crippen LogP contribution < -0.4 is 0 Å². The Balaban J connectivity index is 2.12. The maximum atomic E-state index is 11.5. The smallest absolute Gasteiger partial charge is 0.317 e. The molecule has 1 saturated heterocycles. The van der Waals surface area contributed by atoms with Gasteiger partial charge in [-0.3, -0.25) is 9.69 Å². The van der Waals surface area contributed by atoms with Gasteiger partial charge in [0.15, 0.2) is 9.84 Å². The quantitative estimate of drug-likeness (QED) is 0.717. The van der Waals surface area contributed by atoms with Crippen molar-refractivity contribution in [2.75, 3.05) is 18.1 Å². The minimum absolute atomic E-state index is 0.0174. The zero-order valence-corrected chi connectivity index (χ0v) is 11.0. The van der Waals surface area contributed by atoms with E-state index >= 15 is 0 Å². The lowest BCUT2D eigenvalue weighted by Gasteiger charge is -2.34. The van der Waals surface area contributed by atoms with E-state index in [1.165, 1.54) is 0 Å². The second-order valence-electron chi connectivity index (χ2n) is 5.19. The van der Waals surface area contributed by atoms with Crippen molar-refractivity contribution in [2.45, 2.75) is 43.9 Å². The van der Waals surface area contributed by atoms with Crippen LogP contribution in [-0.2, 0) is 14.6 Å². The molecule has 2 aliphatic rings. The van der Waals surface area contributed by atoms with Crippen molar-refractivity contribution in [3.05, 3.63) is 0 Å². The van der Waals surface area contributed by atoms with Gasteiger partial charge in [-0.1, -0.05) is 0 Å². The molecular formula is C11H19NO5S. The van der Waals surface area contributed by atoms with Crippen molar-refractivity contribution in [1.82, 2.24) is 4.90 Å². The molecule has 3 atom stereocenters. The number of rotatable bonds is 4. The molecule has 2 rings (SSSR count). The first-order chi connectivity index (χ1) is 8.39. The second kappa shape index (κ2) is 5.14. The van der Waals surface area contributed by atoms with Crippen molar-refractivity contribution < 1.29 is 23.4 Å². The van der Waals surface area contributed by atoms with Gasteiger partial charge in [0.05, 0.1) is 24.2 Å². The molecular weight excluding hydrogens is 258 g/mol. The van der Waals surface area contributed by atoms with Crippen LogP contribution in [0, 0.1) is 0 Å². The van der Waals surface area contributed by atoms with Crippen molar-refractivity contribution in [3.63, 3.8) is 0 Å². The predicted octanol–water partition coefficient (Wildman–Crippen LogP) is -0.526. The third kappa shape index (κ3) is 3.02. The summed E-state index contributed by atoms with van der Waals surface area (Å²) in [4.78, 5) is 12.6. The van der Waals surface area contributed by atoms with E-state index in [9.17, 15) is 18.3 Å². The Bertz CT molecular complexity index is 421. The van der Waals surface area contributed by atoms with E-state index in [0.29, 0.717) is 12.8 Å². The van der Waals surface area contributed by atoms with Crippen LogP contribution in [0.15, 0.2) is 0 Å². The van der Waals surface area contributed by atoms with Crippen LogP contribution in [0.3, 0.4) is 0 Å². The largest absolute Gasteiger partial charge is 0.480 e. The molecule has 3 unspecified atom stereocenters. The summed E-state index contributed by atoms with van der Waals surface area (Å²) >= 11 is 0. The van der Waals surface area contributed by atoms with Gasteiger partial charge < -0.3 is 10.2 Å². The van der Waals surface area contributed by atoms with Crippen molar-refractivity contribution in [2.24, 2.45) is 0 Å². The first-order valence-electron chi connectivity index (χ1n) is 6.25. The van der Waals surface area contributed by atoms with E-state index in [1.807, 2.05) is 0 Å². The summed E-state index contributed by atoms with van der Waals surface area (Å²) in [5, 5.41) is 18.8. The summed E-state index contributed by atoms with van der Waals surface area (Å²) in [6.45, 7) is -0.193. The fourth-order valence-electron chi connectivity index (χ4n) is 3.02. The van der Waals surface area contributed by atoms with Gasteiger partial charge in [-0.05, 0) is 25.7 Å². The van der Waals surface area contributed by atoms with Crippen LogP contribution in [-0.4, -0.2) is 65.7 Å². The Hall–Kier alpha value is -0.660. The fraction of sp³-hybridized carbons (Fsp3) is 0.909. The number of hydrogen-bond donors (Lipinski definition) is 2. The van der Waals surface area contributed by atoms with E-state index in [1.54, 1.807) is 4.90 Å². The molecule has 0 aromatic carbocycles. The van der Waals surface area contributed by atoms with Gasteiger partial charge in [0.25, 0.3) is 0 Å². The lowest BCUT2D eigenvalue weighted by molar-refractivity contribution is -0.140. The summed E-state index contributed by atoms with van der Waals surface area (Å²) in [6, 6.07) is -0.469. The highest BCUT2D eigenvalue weighted by Crippen LogP contribution is 2.29. The van der Waals surface area contributed by atoms with Gasteiger partial charge in [-0.25, -0.2) is 8.42 Å². The third-order valence-corrected chi connectivity index (χ3v) is 5.62.